The third kappa shape index (κ3) is 3.01. The van der Waals surface area contributed by atoms with Crippen molar-refractivity contribution in [2.45, 2.75) is 45.3 Å². The molecule has 0 amide bonds. The molecule has 3 rings (SSSR count). The van der Waals surface area contributed by atoms with Gasteiger partial charge in [0.05, 0.1) is 6.61 Å². The maximum Gasteiger partial charge on any atom is 0.161 e. The Kier molecular flexibility index (Phi) is 4.36. The molecule has 0 bridgehead atoms. The molecule has 2 fully saturated rings. The third-order valence-corrected chi connectivity index (χ3v) is 4.93. The molecule has 1 aromatic carbocycles. The van der Waals surface area contributed by atoms with Crippen molar-refractivity contribution in [3.05, 3.63) is 23.8 Å². The quantitative estimate of drug-likeness (QED) is 0.924. The van der Waals surface area contributed by atoms with E-state index in [1.54, 1.807) is 6.07 Å². The monoisotopic (exact) mass is 290 g/mol. The summed E-state index contributed by atoms with van der Waals surface area (Å²) in [7, 11) is 0. The van der Waals surface area contributed by atoms with E-state index in [4.69, 9.17) is 4.74 Å². The first-order valence-electron chi connectivity index (χ1n) is 8.12. The van der Waals surface area contributed by atoms with Crippen LogP contribution in [0.25, 0.3) is 0 Å². The van der Waals surface area contributed by atoms with Gasteiger partial charge in [-0.2, -0.15) is 0 Å². The molecule has 1 N–H and O–H groups in total. The van der Waals surface area contributed by atoms with Gasteiger partial charge in [0.1, 0.15) is 0 Å². The number of hydrogen-bond acceptors (Lipinski definition) is 4. The smallest absolute Gasteiger partial charge is 0.161 e. The van der Waals surface area contributed by atoms with Crippen LogP contribution < -0.4 is 4.74 Å². The summed E-state index contributed by atoms with van der Waals surface area (Å²) >= 11 is 0. The first-order valence-corrected chi connectivity index (χ1v) is 8.12. The fourth-order valence-electron chi connectivity index (χ4n) is 3.77. The number of nitrogens with zero attached hydrogens (tertiary/aromatic N) is 2. The highest BCUT2D eigenvalue weighted by atomic mass is 16.5. The first-order chi connectivity index (χ1) is 10.2. The topological polar surface area (TPSA) is 35.9 Å². The molecule has 0 saturated carbocycles. The minimum absolute atomic E-state index is 0.231. The van der Waals surface area contributed by atoms with Crippen LogP contribution in [0.3, 0.4) is 0 Å². The Morgan fingerprint density at radius 2 is 2.14 bits per heavy atom. The largest absolute Gasteiger partial charge is 0.504 e. The van der Waals surface area contributed by atoms with Crippen molar-refractivity contribution in [2.75, 3.05) is 26.2 Å². The molecule has 4 heteroatoms. The summed E-state index contributed by atoms with van der Waals surface area (Å²) in [4.78, 5) is 5.21. The fraction of sp³-hybridized carbons (Fsp3) is 0.647. The highest BCUT2D eigenvalue weighted by Crippen LogP contribution is 2.30. The molecule has 2 saturated heterocycles. The summed E-state index contributed by atoms with van der Waals surface area (Å²) in [6, 6.07) is 7.06. The van der Waals surface area contributed by atoms with E-state index in [2.05, 4.69) is 16.7 Å². The van der Waals surface area contributed by atoms with Crippen molar-refractivity contribution in [3.8, 4) is 11.5 Å². The van der Waals surface area contributed by atoms with E-state index in [0.29, 0.717) is 18.4 Å². The predicted molar refractivity (Wildman–Crippen MR) is 83.7 cm³/mol. The number of ether oxygens (including phenoxy) is 1. The van der Waals surface area contributed by atoms with Gasteiger partial charge in [-0.15, -0.1) is 0 Å². The van der Waals surface area contributed by atoms with Crippen molar-refractivity contribution >= 4 is 0 Å². The molecule has 0 aliphatic carbocycles. The number of piperazine rings is 1. The number of hydrogen-bond donors (Lipinski definition) is 1. The molecule has 116 valence electrons. The number of phenols is 1. The Hall–Kier alpha value is -1.26. The molecule has 2 heterocycles. The van der Waals surface area contributed by atoms with Crippen LogP contribution in [0.2, 0.25) is 0 Å². The summed E-state index contributed by atoms with van der Waals surface area (Å²) in [6.45, 7) is 9.39. The lowest BCUT2D eigenvalue weighted by Crippen LogP contribution is -2.55. The number of benzene rings is 1. The first kappa shape index (κ1) is 14.7. The van der Waals surface area contributed by atoms with Crippen molar-refractivity contribution in [3.63, 3.8) is 0 Å². The molecule has 21 heavy (non-hydrogen) atoms. The zero-order chi connectivity index (χ0) is 14.8. The zero-order valence-corrected chi connectivity index (χ0v) is 13.1. The van der Waals surface area contributed by atoms with Crippen molar-refractivity contribution in [1.29, 1.82) is 0 Å². The van der Waals surface area contributed by atoms with Gasteiger partial charge in [-0.3, -0.25) is 9.80 Å². The third-order valence-electron chi connectivity index (χ3n) is 4.93. The van der Waals surface area contributed by atoms with Crippen LogP contribution in [0.4, 0.5) is 0 Å². The molecule has 0 radical (unpaired) electrons. The van der Waals surface area contributed by atoms with Gasteiger partial charge in [0.25, 0.3) is 0 Å². The van der Waals surface area contributed by atoms with Gasteiger partial charge < -0.3 is 9.84 Å². The normalized spacial score (nSPS) is 26.8. The summed E-state index contributed by atoms with van der Waals surface area (Å²) in [5.41, 5.74) is 1.22. The molecule has 2 aliphatic heterocycles. The van der Waals surface area contributed by atoms with Crippen LogP contribution in [0.5, 0.6) is 11.5 Å². The standard InChI is InChI=1S/C17H26N2O2/c1-3-21-17-11-14(6-7-16(17)20)12-19-10-9-18-8-4-5-15(18)13(19)2/h6-7,11,13,15,20H,3-5,8-10,12H2,1-2H3. The lowest BCUT2D eigenvalue weighted by Gasteiger charge is -2.43. The van der Waals surface area contributed by atoms with E-state index >= 15 is 0 Å². The molecular weight excluding hydrogens is 264 g/mol. The Bertz CT molecular complexity index is 492. The molecule has 4 nitrogen and oxygen atoms in total. The zero-order valence-electron chi connectivity index (χ0n) is 13.1. The molecule has 0 aromatic heterocycles. The number of rotatable bonds is 4. The van der Waals surface area contributed by atoms with E-state index in [-0.39, 0.29) is 5.75 Å². The van der Waals surface area contributed by atoms with Gasteiger partial charge in [-0.25, -0.2) is 0 Å². The SMILES string of the molecule is CCOc1cc(CN2CCN3CCCC3C2C)ccc1O. The molecule has 2 unspecified atom stereocenters. The van der Waals surface area contributed by atoms with Crippen LogP contribution in [0.1, 0.15) is 32.3 Å². The van der Waals surface area contributed by atoms with Crippen molar-refractivity contribution < 1.29 is 9.84 Å². The van der Waals surface area contributed by atoms with E-state index in [1.165, 1.54) is 31.5 Å². The van der Waals surface area contributed by atoms with E-state index in [1.807, 2.05) is 19.1 Å². The van der Waals surface area contributed by atoms with E-state index in [0.717, 1.165) is 19.1 Å². The molecular formula is C17H26N2O2. The molecule has 1 aromatic rings. The van der Waals surface area contributed by atoms with Crippen molar-refractivity contribution in [2.24, 2.45) is 0 Å². The summed E-state index contributed by atoms with van der Waals surface area (Å²) in [5.74, 6) is 0.830. The van der Waals surface area contributed by atoms with Gasteiger partial charge in [0.2, 0.25) is 0 Å². The summed E-state index contributed by atoms with van der Waals surface area (Å²) < 4.78 is 5.49. The van der Waals surface area contributed by atoms with Gasteiger partial charge in [-0.1, -0.05) is 6.07 Å². The van der Waals surface area contributed by atoms with Crippen LogP contribution in [0.15, 0.2) is 18.2 Å². The van der Waals surface area contributed by atoms with Gasteiger partial charge >= 0.3 is 0 Å². The summed E-state index contributed by atoms with van der Waals surface area (Å²) in [6.07, 6.45) is 2.67. The van der Waals surface area contributed by atoms with Gasteiger partial charge in [0, 0.05) is 31.7 Å². The lowest BCUT2D eigenvalue weighted by atomic mass is 10.0. The van der Waals surface area contributed by atoms with Crippen LogP contribution in [-0.2, 0) is 6.54 Å². The summed E-state index contributed by atoms with van der Waals surface area (Å²) in [5, 5.41) is 9.80. The lowest BCUT2D eigenvalue weighted by molar-refractivity contribution is 0.0470. The van der Waals surface area contributed by atoms with Crippen LogP contribution >= 0.6 is 0 Å². The molecule has 0 spiro atoms. The van der Waals surface area contributed by atoms with Gasteiger partial charge in [0.15, 0.2) is 11.5 Å². The average Bonchev–Trinajstić information content (AvgIpc) is 2.95. The molecule has 2 atom stereocenters. The average molecular weight is 290 g/mol. The number of phenolic OH excluding ortho intramolecular Hbond substituents is 1. The Balaban J connectivity index is 1.70. The Morgan fingerprint density at radius 3 is 2.95 bits per heavy atom. The van der Waals surface area contributed by atoms with E-state index < -0.39 is 0 Å². The minimum Gasteiger partial charge on any atom is -0.504 e. The second kappa shape index (κ2) is 6.24. The van der Waals surface area contributed by atoms with Crippen molar-refractivity contribution in [1.82, 2.24) is 9.80 Å². The highest BCUT2D eigenvalue weighted by Gasteiger charge is 2.36. The van der Waals surface area contributed by atoms with Crippen LogP contribution in [0, 0.1) is 0 Å². The minimum atomic E-state index is 0.231. The second-order valence-corrected chi connectivity index (χ2v) is 6.19. The number of aromatic hydroxyl groups is 1. The maximum atomic E-state index is 9.80. The second-order valence-electron chi connectivity index (χ2n) is 6.19. The fourth-order valence-corrected chi connectivity index (χ4v) is 3.77. The van der Waals surface area contributed by atoms with Crippen LogP contribution in [-0.4, -0.2) is 53.2 Å². The highest BCUT2D eigenvalue weighted by molar-refractivity contribution is 5.41. The maximum absolute atomic E-state index is 9.80. The predicted octanol–water partition coefficient (Wildman–Crippen LogP) is 2.46. The number of fused-ring (bicyclic) bond motifs is 1. The van der Waals surface area contributed by atoms with Gasteiger partial charge in [-0.05, 0) is 50.9 Å². The van der Waals surface area contributed by atoms with E-state index in [9.17, 15) is 5.11 Å². The Morgan fingerprint density at radius 1 is 1.29 bits per heavy atom. The molecule has 2 aliphatic rings. The Labute approximate surface area is 127 Å².